The Labute approximate surface area is 103 Å². The molecule has 0 aliphatic rings. The first-order valence-electron chi connectivity index (χ1n) is 5.96. The van der Waals surface area contributed by atoms with Gasteiger partial charge in [0.2, 0.25) is 0 Å². The molecule has 0 aliphatic heterocycles. The van der Waals surface area contributed by atoms with Crippen LogP contribution in [0.15, 0.2) is 35.3 Å². The highest BCUT2D eigenvalue weighted by atomic mass is 16.5. The number of carbonyl (C=O) groups is 1. The summed E-state index contributed by atoms with van der Waals surface area (Å²) in [5, 5.41) is 0. The van der Waals surface area contributed by atoms with Crippen LogP contribution < -0.4 is 0 Å². The van der Waals surface area contributed by atoms with Crippen LogP contribution >= 0.6 is 0 Å². The van der Waals surface area contributed by atoms with Crippen LogP contribution in [0.3, 0.4) is 0 Å². The number of esters is 1. The number of hydrogen-bond donors (Lipinski definition) is 0. The quantitative estimate of drug-likeness (QED) is 0.430. The molecule has 0 saturated heterocycles. The molecular weight excluding hydrogens is 214 g/mol. The molecule has 0 heterocycles. The van der Waals surface area contributed by atoms with E-state index in [-0.39, 0.29) is 12.5 Å². The van der Waals surface area contributed by atoms with Crippen LogP contribution in [0, 0.1) is 0 Å². The maximum atomic E-state index is 11.3. The Kier molecular flexibility index (Phi) is 6.00. The van der Waals surface area contributed by atoms with Gasteiger partial charge in [0.05, 0.1) is 6.61 Å². The molecule has 0 bridgehead atoms. The second kappa shape index (κ2) is 7.60. The number of unbranched alkanes of at least 4 members (excludes halogenated alkanes) is 1. The van der Waals surface area contributed by atoms with Crippen molar-refractivity contribution in [2.45, 2.75) is 26.7 Å². The van der Waals surface area contributed by atoms with Crippen LogP contribution in [0.4, 0.5) is 0 Å². The van der Waals surface area contributed by atoms with Gasteiger partial charge in [-0.25, -0.2) is 0 Å². The summed E-state index contributed by atoms with van der Waals surface area (Å²) in [4.78, 5) is 15.5. The first-order chi connectivity index (χ1) is 8.24. The van der Waals surface area contributed by atoms with Gasteiger partial charge in [0, 0.05) is 5.71 Å². The van der Waals surface area contributed by atoms with Crippen LogP contribution in [-0.2, 0) is 9.53 Å². The van der Waals surface area contributed by atoms with E-state index in [4.69, 9.17) is 4.74 Å². The Morgan fingerprint density at radius 1 is 1.29 bits per heavy atom. The van der Waals surface area contributed by atoms with E-state index in [1.807, 2.05) is 37.3 Å². The van der Waals surface area contributed by atoms with Crippen molar-refractivity contribution in [2.75, 3.05) is 13.2 Å². The van der Waals surface area contributed by atoms with Crippen molar-refractivity contribution < 1.29 is 9.53 Å². The Hall–Kier alpha value is -1.64. The molecule has 0 unspecified atom stereocenters. The van der Waals surface area contributed by atoms with E-state index in [1.165, 1.54) is 0 Å². The summed E-state index contributed by atoms with van der Waals surface area (Å²) in [5.41, 5.74) is 1.90. The van der Waals surface area contributed by atoms with Gasteiger partial charge in [-0.3, -0.25) is 9.79 Å². The fourth-order valence-corrected chi connectivity index (χ4v) is 1.33. The zero-order valence-corrected chi connectivity index (χ0v) is 10.5. The topological polar surface area (TPSA) is 38.7 Å². The van der Waals surface area contributed by atoms with E-state index in [0.717, 1.165) is 24.1 Å². The standard InChI is InChI=1S/C14H19NO2/c1-3-4-10-17-14(16)11-15-12(2)13-8-6-5-7-9-13/h5-9H,3-4,10-11H2,1-2H3/b15-12+. The van der Waals surface area contributed by atoms with E-state index < -0.39 is 0 Å². The summed E-state index contributed by atoms with van der Waals surface area (Å²) in [5.74, 6) is -0.256. The van der Waals surface area contributed by atoms with Crippen molar-refractivity contribution in [3.63, 3.8) is 0 Å². The lowest BCUT2D eigenvalue weighted by Crippen LogP contribution is -2.10. The summed E-state index contributed by atoms with van der Waals surface area (Å²) in [6, 6.07) is 9.81. The number of nitrogens with zero attached hydrogens (tertiary/aromatic N) is 1. The van der Waals surface area contributed by atoms with Crippen molar-refractivity contribution in [1.29, 1.82) is 0 Å². The fraction of sp³-hybridized carbons (Fsp3) is 0.429. The molecular formula is C14H19NO2. The minimum atomic E-state index is -0.256. The first-order valence-corrected chi connectivity index (χ1v) is 5.96. The van der Waals surface area contributed by atoms with Crippen LogP contribution in [0.5, 0.6) is 0 Å². The summed E-state index contributed by atoms with van der Waals surface area (Å²) in [7, 11) is 0. The molecule has 0 spiro atoms. The number of carbonyl (C=O) groups excluding carboxylic acids is 1. The zero-order valence-electron chi connectivity index (χ0n) is 10.5. The summed E-state index contributed by atoms with van der Waals surface area (Å²) in [6.07, 6.45) is 1.94. The Balaban J connectivity index is 2.40. The molecule has 0 aliphatic carbocycles. The number of benzene rings is 1. The van der Waals surface area contributed by atoms with Crippen molar-refractivity contribution in [3.8, 4) is 0 Å². The molecule has 0 N–H and O–H groups in total. The summed E-state index contributed by atoms with van der Waals surface area (Å²) >= 11 is 0. The molecule has 0 radical (unpaired) electrons. The van der Waals surface area contributed by atoms with Gasteiger partial charge in [-0.05, 0) is 18.9 Å². The second-order valence-corrected chi connectivity index (χ2v) is 3.84. The average molecular weight is 233 g/mol. The van der Waals surface area contributed by atoms with Crippen molar-refractivity contribution in [3.05, 3.63) is 35.9 Å². The van der Waals surface area contributed by atoms with E-state index in [9.17, 15) is 4.79 Å². The number of aliphatic imine (C=N–C) groups is 1. The van der Waals surface area contributed by atoms with Crippen LogP contribution in [0.2, 0.25) is 0 Å². The smallest absolute Gasteiger partial charge is 0.327 e. The molecule has 1 aromatic carbocycles. The van der Waals surface area contributed by atoms with Gasteiger partial charge in [-0.15, -0.1) is 0 Å². The maximum Gasteiger partial charge on any atom is 0.327 e. The van der Waals surface area contributed by atoms with Gasteiger partial charge >= 0.3 is 5.97 Å². The average Bonchev–Trinajstić information content (AvgIpc) is 2.37. The van der Waals surface area contributed by atoms with E-state index in [1.54, 1.807) is 0 Å². The van der Waals surface area contributed by atoms with Crippen LogP contribution in [0.1, 0.15) is 32.3 Å². The first kappa shape index (κ1) is 13.4. The zero-order chi connectivity index (χ0) is 12.5. The molecule has 0 aromatic heterocycles. The van der Waals surface area contributed by atoms with Crippen molar-refractivity contribution >= 4 is 11.7 Å². The van der Waals surface area contributed by atoms with Gasteiger partial charge in [0.15, 0.2) is 0 Å². The fourth-order valence-electron chi connectivity index (χ4n) is 1.33. The number of ether oxygens (including phenoxy) is 1. The highest BCUT2D eigenvalue weighted by molar-refractivity contribution is 5.99. The normalized spacial score (nSPS) is 11.3. The molecule has 3 heteroatoms. The Morgan fingerprint density at radius 2 is 2.00 bits per heavy atom. The molecule has 1 aromatic rings. The molecule has 92 valence electrons. The summed E-state index contributed by atoms with van der Waals surface area (Å²) in [6.45, 7) is 4.56. The number of rotatable bonds is 6. The monoisotopic (exact) mass is 233 g/mol. The molecule has 17 heavy (non-hydrogen) atoms. The van der Waals surface area contributed by atoms with Gasteiger partial charge < -0.3 is 4.74 Å². The summed E-state index contributed by atoms with van der Waals surface area (Å²) < 4.78 is 5.02. The maximum absolute atomic E-state index is 11.3. The van der Waals surface area contributed by atoms with E-state index >= 15 is 0 Å². The second-order valence-electron chi connectivity index (χ2n) is 3.84. The predicted molar refractivity (Wildman–Crippen MR) is 69.4 cm³/mol. The minimum absolute atomic E-state index is 0.102. The largest absolute Gasteiger partial charge is 0.464 e. The molecule has 0 saturated carbocycles. The lowest BCUT2D eigenvalue weighted by atomic mass is 10.1. The molecule has 1 rings (SSSR count). The Morgan fingerprint density at radius 3 is 2.65 bits per heavy atom. The lowest BCUT2D eigenvalue weighted by Gasteiger charge is -2.03. The Bertz CT molecular complexity index is 371. The van der Waals surface area contributed by atoms with Crippen molar-refractivity contribution in [2.24, 2.45) is 4.99 Å². The predicted octanol–water partition coefficient (Wildman–Crippen LogP) is 2.84. The van der Waals surface area contributed by atoms with Gasteiger partial charge in [0.1, 0.15) is 6.54 Å². The minimum Gasteiger partial charge on any atom is -0.464 e. The van der Waals surface area contributed by atoms with Gasteiger partial charge in [0.25, 0.3) is 0 Å². The molecule has 0 amide bonds. The molecule has 0 atom stereocenters. The van der Waals surface area contributed by atoms with Gasteiger partial charge in [-0.2, -0.15) is 0 Å². The van der Waals surface area contributed by atoms with Gasteiger partial charge in [-0.1, -0.05) is 43.7 Å². The number of hydrogen-bond acceptors (Lipinski definition) is 3. The highest BCUT2D eigenvalue weighted by Crippen LogP contribution is 2.00. The third kappa shape index (κ3) is 5.29. The SMILES string of the molecule is CCCCOC(=O)C/N=C(\C)c1ccccc1. The van der Waals surface area contributed by atoms with Crippen molar-refractivity contribution in [1.82, 2.24) is 0 Å². The van der Waals surface area contributed by atoms with E-state index in [2.05, 4.69) is 11.9 Å². The third-order valence-corrected chi connectivity index (χ3v) is 2.40. The lowest BCUT2D eigenvalue weighted by molar-refractivity contribution is -0.141. The van der Waals surface area contributed by atoms with Crippen LogP contribution in [0.25, 0.3) is 0 Å². The highest BCUT2D eigenvalue weighted by Gasteiger charge is 2.01. The van der Waals surface area contributed by atoms with E-state index in [0.29, 0.717) is 6.61 Å². The van der Waals surface area contributed by atoms with Crippen LogP contribution in [-0.4, -0.2) is 24.8 Å². The molecule has 0 fully saturated rings. The third-order valence-electron chi connectivity index (χ3n) is 2.40. The molecule has 3 nitrogen and oxygen atoms in total.